The molecule has 4 heterocycles. The van der Waals surface area contributed by atoms with Gasteiger partial charge in [0.15, 0.2) is 0 Å². The Balaban J connectivity index is 1.38. The molecule has 0 aromatic carbocycles. The Morgan fingerprint density at radius 1 is 1.15 bits per heavy atom. The highest BCUT2D eigenvalue weighted by Gasteiger charge is 2.49. The second-order valence-corrected chi connectivity index (χ2v) is 7.12. The third-order valence-corrected chi connectivity index (χ3v) is 5.55. The molecule has 2 fully saturated rings. The Hall–Kier alpha value is -2.77. The first-order chi connectivity index (χ1) is 12.6. The highest BCUT2D eigenvalue weighted by molar-refractivity contribution is 5.99. The third-order valence-electron chi connectivity index (χ3n) is 5.55. The van der Waals surface area contributed by atoms with Gasteiger partial charge in [0.05, 0.1) is 35.6 Å². The van der Waals surface area contributed by atoms with E-state index in [-0.39, 0.29) is 17.2 Å². The van der Waals surface area contributed by atoms with Gasteiger partial charge in [-0.15, -0.1) is 0 Å². The molecule has 2 amide bonds. The van der Waals surface area contributed by atoms with Crippen LogP contribution in [0.2, 0.25) is 0 Å². The first-order valence-corrected chi connectivity index (χ1v) is 8.91. The lowest BCUT2D eigenvalue weighted by molar-refractivity contribution is -0.137. The summed E-state index contributed by atoms with van der Waals surface area (Å²) in [5, 5.41) is 4.27. The standard InChI is InChI=1S/C18H22N6O2/c1-22-6-2-14(21-22)10-16(25)23-7-3-18(4-8-23)5-9-24(17(18)26)15-11-19-13-20-12-15/h2,6,11-13H,3-5,7-10H2,1H3. The van der Waals surface area contributed by atoms with Crippen molar-refractivity contribution in [3.8, 4) is 0 Å². The van der Waals surface area contributed by atoms with Crippen molar-refractivity contribution in [2.45, 2.75) is 25.7 Å². The van der Waals surface area contributed by atoms with Crippen LogP contribution in [0.15, 0.2) is 31.0 Å². The summed E-state index contributed by atoms with van der Waals surface area (Å²) in [6.45, 7) is 1.93. The minimum Gasteiger partial charge on any atom is -0.342 e. The van der Waals surface area contributed by atoms with Gasteiger partial charge in [-0.1, -0.05) is 0 Å². The number of aryl methyl sites for hydroxylation is 1. The first-order valence-electron chi connectivity index (χ1n) is 8.91. The molecule has 0 bridgehead atoms. The number of anilines is 1. The quantitative estimate of drug-likeness (QED) is 0.814. The van der Waals surface area contributed by atoms with Gasteiger partial charge in [-0.2, -0.15) is 5.10 Å². The predicted molar refractivity (Wildman–Crippen MR) is 94.2 cm³/mol. The van der Waals surface area contributed by atoms with Gasteiger partial charge in [0.25, 0.3) is 0 Å². The summed E-state index contributed by atoms with van der Waals surface area (Å²) in [6.07, 6.45) is 9.22. The van der Waals surface area contributed by atoms with Crippen LogP contribution >= 0.6 is 0 Å². The Kier molecular flexibility index (Phi) is 4.18. The smallest absolute Gasteiger partial charge is 0.233 e. The summed E-state index contributed by atoms with van der Waals surface area (Å²) in [7, 11) is 1.84. The molecule has 0 N–H and O–H groups in total. The summed E-state index contributed by atoms with van der Waals surface area (Å²) in [6, 6.07) is 1.86. The van der Waals surface area contributed by atoms with Crippen molar-refractivity contribution in [3.05, 3.63) is 36.7 Å². The van der Waals surface area contributed by atoms with Crippen LogP contribution < -0.4 is 4.90 Å². The van der Waals surface area contributed by atoms with Gasteiger partial charge in [0, 0.05) is 32.9 Å². The maximum Gasteiger partial charge on any atom is 0.233 e. The van der Waals surface area contributed by atoms with Gasteiger partial charge >= 0.3 is 0 Å². The summed E-state index contributed by atoms with van der Waals surface area (Å²) in [4.78, 5) is 37.2. The van der Waals surface area contributed by atoms with Crippen LogP contribution in [-0.2, 0) is 23.1 Å². The normalized spacial score (nSPS) is 19.3. The van der Waals surface area contributed by atoms with Crippen molar-refractivity contribution in [2.75, 3.05) is 24.5 Å². The molecule has 1 spiro atoms. The molecular formula is C18H22N6O2. The maximum atomic E-state index is 13.0. The molecule has 0 saturated carbocycles. The summed E-state index contributed by atoms with van der Waals surface area (Å²) >= 11 is 0. The van der Waals surface area contributed by atoms with Crippen LogP contribution in [0.3, 0.4) is 0 Å². The number of rotatable bonds is 3. The lowest BCUT2D eigenvalue weighted by Gasteiger charge is -2.37. The van der Waals surface area contributed by atoms with Crippen molar-refractivity contribution in [1.82, 2.24) is 24.6 Å². The molecule has 8 heteroatoms. The van der Waals surface area contributed by atoms with Crippen molar-refractivity contribution >= 4 is 17.5 Å². The molecule has 0 unspecified atom stereocenters. The number of hydrogen-bond donors (Lipinski definition) is 0. The van der Waals surface area contributed by atoms with E-state index in [1.807, 2.05) is 24.2 Å². The molecule has 8 nitrogen and oxygen atoms in total. The van der Waals surface area contributed by atoms with Crippen molar-refractivity contribution < 1.29 is 9.59 Å². The number of piperidine rings is 1. The summed E-state index contributed by atoms with van der Waals surface area (Å²) in [5.41, 5.74) is 1.19. The van der Waals surface area contributed by atoms with Gasteiger partial charge in [0.2, 0.25) is 11.8 Å². The van der Waals surface area contributed by atoms with Crippen LogP contribution in [0.4, 0.5) is 5.69 Å². The molecule has 2 aliphatic heterocycles. The number of likely N-dealkylation sites (tertiary alicyclic amines) is 1. The number of amides is 2. The molecule has 0 radical (unpaired) electrons. The van der Waals surface area contributed by atoms with Crippen LogP contribution in [0.5, 0.6) is 0 Å². The predicted octanol–water partition coefficient (Wildman–Crippen LogP) is 0.798. The Labute approximate surface area is 151 Å². The number of hydrogen-bond acceptors (Lipinski definition) is 5. The van der Waals surface area contributed by atoms with E-state index in [2.05, 4.69) is 15.1 Å². The van der Waals surface area contributed by atoms with E-state index in [1.54, 1.807) is 22.0 Å². The van der Waals surface area contributed by atoms with Crippen molar-refractivity contribution in [2.24, 2.45) is 12.5 Å². The number of carbonyl (C=O) groups is 2. The zero-order valence-corrected chi connectivity index (χ0v) is 14.8. The molecule has 136 valence electrons. The van der Waals surface area contributed by atoms with Gasteiger partial charge < -0.3 is 9.80 Å². The number of nitrogens with zero attached hydrogens (tertiary/aromatic N) is 6. The van der Waals surface area contributed by atoms with Crippen LogP contribution in [0.25, 0.3) is 0 Å². The topological polar surface area (TPSA) is 84.2 Å². The van der Waals surface area contributed by atoms with Gasteiger partial charge in [0.1, 0.15) is 6.33 Å². The molecule has 2 aliphatic rings. The number of aromatic nitrogens is 4. The average Bonchev–Trinajstić information content (AvgIpc) is 3.20. The zero-order valence-electron chi connectivity index (χ0n) is 14.8. The van der Waals surface area contributed by atoms with E-state index >= 15 is 0 Å². The zero-order chi connectivity index (χ0) is 18.1. The van der Waals surface area contributed by atoms with Crippen LogP contribution in [-0.4, -0.2) is 56.1 Å². The third kappa shape index (κ3) is 2.95. The Morgan fingerprint density at radius 2 is 1.85 bits per heavy atom. The minimum absolute atomic E-state index is 0.0808. The van der Waals surface area contributed by atoms with Gasteiger partial charge in [-0.3, -0.25) is 14.3 Å². The molecule has 0 atom stereocenters. The van der Waals surface area contributed by atoms with Crippen LogP contribution in [0, 0.1) is 5.41 Å². The fraction of sp³-hybridized carbons (Fsp3) is 0.500. The van der Waals surface area contributed by atoms with Gasteiger partial charge in [-0.25, -0.2) is 9.97 Å². The molecule has 26 heavy (non-hydrogen) atoms. The SMILES string of the molecule is Cn1ccc(CC(=O)N2CCC3(CC2)CCN(c2cncnc2)C3=O)n1. The number of carbonyl (C=O) groups excluding carboxylic acids is 2. The van der Waals surface area contributed by atoms with E-state index < -0.39 is 0 Å². The fourth-order valence-electron chi connectivity index (χ4n) is 3.97. The minimum atomic E-state index is -0.350. The van der Waals surface area contributed by atoms with E-state index in [0.717, 1.165) is 17.8 Å². The first kappa shape index (κ1) is 16.7. The Bertz CT molecular complexity index is 810. The van der Waals surface area contributed by atoms with E-state index in [4.69, 9.17) is 0 Å². The monoisotopic (exact) mass is 354 g/mol. The molecule has 2 aromatic rings. The van der Waals surface area contributed by atoms with Gasteiger partial charge in [-0.05, 0) is 25.3 Å². The largest absolute Gasteiger partial charge is 0.342 e. The highest BCUT2D eigenvalue weighted by Crippen LogP contribution is 2.42. The molecular weight excluding hydrogens is 332 g/mol. The molecule has 2 aromatic heterocycles. The summed E-state index contributed by atoms with van der Waals surface area (Å²) in [5.74, 6) is 0.224. The molecule has 2 saturated heterocycles. The van der Waals surface area contributed by atoms with E-state index in [1.165, 1.54) is 6.33 Å². The average molecular weight is 354 g/mol. The van der Waals surface area contributed by atoms with E-state index in [9.17, 15) is 9.59 Å². The molecule has 0 aliphatic carbocycles. The van der Waals surface area contributed by atoms with Crippen molar-refractivity contribution in [1.29, 1.82) is 0 Å². The maximum absolute atomic E-state index is 13.0. The van der Waals surface area contributed by atoms with Crippen LogP contribution in [0.1, 0.15) is 25.0 Å². The van der Waals surface area contributed by atoms with E-state index in [0.29, 0.717) is 38.9 Å². The second kappa shape index (κ2) is 6.51. The summed E-state index contributed by atoms with van der Waals surface area (Å²) < 4.78 is 1.70. The van der Waals surface area contributed by atoms with Crippen molar-refractivity contribution in [3.63, 3.8) is 0 Å². The second-order valence-electron chi connectivity index (χ2n) is 7.12. The highest BCUT2D eigenvalue weighted by atomic mass is 16.2. The Morgan fingerprint density at radius 3 is 2.50 bits per heavy atom. The molecule has 4 rings (SSSR count). The lowest BCUT2D eigenvalue weighted by atomic mass is 9.77. The fourth-order valence-corrected chi connectivity index (χ4v) is 3.97. The lowest BCUT2D eigenvalue weighted by Crippen LogP contribution is -2.47.